The molecule has 0 radical (unpaired) electrons. The van der Waals surface area contributed by atoms with Crippen LogP contribution in [0.2, 0.25) is 0 Å². The second-order valence-corrected chi connectivity index (χ2v) is 9.08. The topological polar surface area (TPSA) is 104 Å². The van der Waals surface area contributed by atoms with Crippen LogP contribution in [-0.2, 0) is 9.53 Å². The first kappa shape index (κ1) is 22.7. The molecule has 0 bridgehead atoms. The van der Waals surface area contributed by atoms with E-state index in [1.165, 1.54) is 11.3 Å². The number of hydrogen-bond donors (Lipinski definition) is 2. The number of piperidine rings is 1. The third kappa shape index (κ3) is 4.68. The van der Waals surface area contributed by atoms with Crippen LogP contribution < -0.4 is 10.2 Å². The van der Waals surface area contributed by atoms with Crippen LogP contribution in [0.3, 0.4) is 0 Å². The fourth-order valence-electron chi connectivity index (χ4n) is 3.66. The van der Waals surface area contributed by atoms with E-state index in [0.29, 0.717) is 47.6 Å². The Labute approximate surface area is 185 Å². The van der Waals surface area contributed by atoms with E-state index in [0.717, 1.165) is 12.0 Å². The van der Waals surface area contributed by atoms with Crippen LogP contribution in [0, 0.1) is 0 Å². The molecule has 10 heteroatoms. The number of nitrogens with zero attached hydrogens (tertiary/aromatic N) is 3. The van der Waals surface area contributed by atoms with Gasteiger partial charge in [-0.1, -0.05) is 43.7 Å². The van der Waals surface area contributed by atoms with Gasteiger partial charge >= 0.3 is 5.97 Å². The first-order chi connectivity index (χ1) is 14.2. The molecule has 2 aliphatic heterocycles. The number of carbonyl (C=O) groups is 2. The number of methoxy groups -OCH3 is 1. The fourth-order valence-corrected chi connectivity index (χ4v) is 5.06. The molecule has 1 aromatic rings. The summed E-state index contributed by atoms with van der Waals surface area (Å²) in [5, 5.41) is 13.6. The van der Waals surface area contributed by atoms with Gasteiger partial charge in [0, 0.05) is 26.6 Å². The van der Waals surface area contributed by atoms with Gasteiger partial charge < -0.3 is 20.1 Å². The molecule has 30 heavy (non-hydrogen) atoms. The van der Waals surface area contributed by atoms with Gasteiger partial charge in [-0.2, -0.15) is 0 Å². The summed E-state index contributed by atoms with van der Waals surface area (Å²) in [6.45, 7) is 7.01. The van der Waals surface area contributed by atoms with Crippen molar-refractivity contribution in [1.82, 2.24) is 10.3 Å². The van der Waals surface area contributed by atoms with E-state index in [4.69, 9.17) is 16.3 Å². The van der Waals surface area contributed by atoms with Gasteiger partial charge in [-0.25, -0.2) is 14.8 Å². The highest BCUT2D eigenvalue weighted by atomic mass is 35.5. The summed E-state index contributed by atoms with van der Waals surface area (Å²) in [5.74, 6) is -1.15. The molecule has 1 aromatic heterocycles. The van der Waals surface area contributed by atoms with E-state index in [-0.39, 0.29) is 28.8 Å². The number of halogens is 1. The van der Waals surface area contributed by atoms with Crippen molar-refractivity contribution in [3.63, 3.8) is 0 Å². The zero-order valence-corrected chi connectivity index (χ0v) is 19.1. The molecule has 0 unspecified atom stereocenters. The number of rotatable bonds is 7. The van der Waals surface area contributed by atoms with Crippen LogP contribution in [0.1, 0.15) is 61.3 Å². The van der Waals surface area contributed by atoms with E-state index in [1.54, 1.807) is 7.11 Å². The summed E-state index contributed by atoms with van der Waals surface area (Å²) in [6, 6.07) is -0.172. The van der Waals surface area contributed by atoms with Crippen molar-refractivity contribution in [3.8, 4) is 0 Å². The minimum absolute atomic E-state index is 0.0248. The van der Waals surface area contributed by atoms with Gasteiger partial charge in [0.2, 0.25) is 0 Å². The van der Waals surface area contributed by atoms with Crippen LogP contribution in [0.15, 0.2) is 15.7 Å². The maximum atomic E-state index is 12.7. The lowest BCUT2D eigenvalue weighted by Gasteiger charge is -2.38. The fraction of sp³-hybridized carbons (Fsp3) is 0.600. The minimum Gasteiger partial charge on any atom is -0.477 e. The van der Waals surface area contributed by atoms with E-state index >= 15 is 0 Å². The monoisotopic (exact) mass is 454 g/mol. The number of aliphatic imine (C=N–C) groups is 1. The lowest BCUT2D eigenvalue weighted by molar-refractivity contribution is -0.116. The van der Waals surface area contributed by atoms with Crippen LogP contribution in [0.4, 0.5) is 5.13 Å². The molecule has 0 spiro atoms. The lowest BCUT2D eigenvalue weighted by atomic mass is 10.0. The number of allylic oxidation sites excluding steroid dienone is 1. The van der Waals surface area contributed by atoms with Gasteiger partial charge in [0.15, 0.2) is 5.13 Å². The molecule has 3 heterocycles. The van der Waals surface area contributed by atoms with Gasteiger partial charge in [0.1, 0.15) is 15.7 Å². The smallest absolute Gasteiger partial charge is 0.347 e. The highest BCUT2D eigenvalue weighted by molar-refractivity contribution is 7.17. The molecule has 8 nitrogen and oxygen atoms in total. The van der Waals surface area contributed by atoms with Crippen molar-refractivity contribution >= 4 is 45.7 Å². The number of hydrogen-bond acceptors (Lipinski definition) is 7. The summed E-state index contributed by atoms with van der Waals surface area (Å²) >= 11 is 7.28. The molecule has 1 amide bonds. The Morgan fingerprint density at radius 1 is 1.43 bits per heavy atom. The average Bonchev–Trinajstić information content (AvgIpc) is 3.32. The third-order valence-corrected chi connectivity index (χ3v) is 6.90. The largest absolute Gasteiger partial charge is 0.477 e. The van der Waals surface area contributed by atoms with Crippen LogP contribution >= 0.6 is 22.9 Å². The Kier molecular flexibility index (Phi) is 7.15. The van der Waals surface area contributed by atoms with Crippen molar-refractivity contribution in [2.24, 2.45) is 4.99 Å². The second-order valence-electron chi connectivity index (χ2n) is 7.74. The molecular formula is C20H27ClN4O4S. The summed E-state index contributed by atoms with van der Waals surface area (Å²) in [7, 11) is 1.61. The third-order valence-electron chi connectivity index (χ3n) is 5.43. The Bertz CT molecular complexity index is 895. The van der Waals surface area contributed by atoms with E-state index in [9.17, 15) is 14.7 Å². The van der Waals surface area contributed by atoms with E-state index in [2.05, 4.69) is 15.3 Å². The molecular weight excluding hydrogens is 428 g/mol. The number of carbonyl (C=O) groups excluding carboxylic acids is 1. The Morgan fingerprint density at radius 2 is 2.17 bits per heavy atom. The van der Waals surface area contributed by atoms with Crippen LogP contribution in [-0.4, -0.2) is 60.0 Å². The molecule has 0 aromatic carbocycles. The normalized spacial score (nSPS) is 21.9. The highest BCUT2D eigenvalue weighted by Crippen LogP contribution is 2.33. The molecule has 2 N–H and O–H groups in total. The summed E-state index contributed by atoms with van der Waals surface area (Å²) < 4.78 is 5.64. The lowest BCUT2D eigenvalue weighted by Crippen LogP contribution is -2.55. The average molecular weight is 455 g/mol. The predicted octanol–water partition coefficient (Wildman–Crippen LogP) is 3.38. The van der Waals surface area contributed by atoms with E-state index in [1.807, 2.05) is 25.7 Å². The molecule has 0 saturated carbocycles. The summed E-state index contributed by atoms with van der Waals surface area (Å²) in [6.07, 6.45) is 1.65. The Morgan fingerprint density at radius 3 is 2.70 bits per heavy atom. The Balaban J connectivity index is 1.67. The summed E-state index contributed by atoms with van der Waals surface area (Å²) in [5.41, 5.74) is 2.00. The Hall–Kier alpha value is -1.97. The number of thiazole rings is 1. The van der Waals surface area contributed by atoms with Crippen molar-refractivity contribution in [2.45, 2.75) is 58.1 Å². The predicted molar refractivity (Wildman–Crippen MR) is 118 cm³/mol. The molecule has 1 saturated heterocycles. The number of amides is 1. The summed E-state index contributed by atoms with van der Waals surface area (Å²) in [4.78, 5) is 35.3. The molecule has 2 aliphatic rings. The van der Waals surface area contributed by atoms with E-state index < -0.39 is 5.97 Å². The first-order valence-electron chi connectivity index (χ1n) is 10.0. The number of aromatic nitrogens is 1. The second kappa shape index (κ2) is 9.45. The molecule has 2 atom stereocenters. The molecule has 0 aliphatic carbocycles. The quantitative estimate of drug-likeness (QED) is 0.612. The van der Waals surface area contributed by atoms with Gasteiger partial charge in [0.05, 0.1) is 17.8 Å². The highest BCUT2D eigenvalue weighted by Gasteiger charge is 2.34. The van der Waals surface area contributed by atoms with Crippen molar-refractivity contribution in [2.75, 3.05) is 25.1 Å². The van der Waals surface area contributed by atoms with Gasteiger partial charge in [-0.05, 0) is 24.3 Å². The first-order valence-corrected chi connectivity index (χ1v) is 11.2. The SMILES string of the molecule is CCC1=C(Cl)N=C(C(=O)N[C@@H]2CCN(c3nc(C(C)C)c(C(=O)O)s3)C[C@@H]2OC)C1. The zero-order chi connectivity index (χ0) is 22.0. The maximum Gasteiger partial charge on any atom is 0.347 e. The van der Waals surface area contributed by atoms with Gasteiger partial charge in [-0.3, -0.25) is 4.79 Å². The minimum atomic E-state index is -0.955. The van der Waals surface area contributed by atoms with Crippen LogP contribution in [0.5, 0.6) is 0 Å². The van der Waals surface area contributed by atoms with Gasteiger partial charge in [0.25, 0.3) is 5.91 Å². The molecule has 164 valence electrons. The number of carboxylic acids is 1. The van der Waals surface area contributed by atoms with Crippen LogP contribution in [0.25, 0.3) is 0 Å². The number of aromatic carboxylic acids is 1. The molecule has 3 rings (SSSR count). The van der Waals surface area contributed by atoms with Gasteiger partial charge in [-0.15, -0.1) is 0 Å². The van der Waals surface area contributed by atoms with Crippen molar-refractivity contribution < 1.29 is 19.4 Å². The standard InChI is InChI=1S/C20H27ClN4O4S/c1-5-11-8-13(22-17(11)21)18(26)23-12-6-7-25(9-14(12)29-4)20-24-15(10(2)3)16(30-20)19(27)28/h10,12,14H,5-9H2,1-4H3,(H,23,26)(H,27,28)/t12-,14+/m1/s1. The number of nitrogens with one attached hydrogen (secondary N) is 1. The zero-order valence-electron chi connectivity index (χ0n) is 17.6. The van der Waals surface area contributed by atoms with Crippen molar-refractivity contribution in [1.29, 1.82) is 0 Å². The maximum absolute atomic E-state index is 12.7. The number of ether oxygens (including phenoxy) is 1. The number of carboxylic acid groups (broad SMARTS) is 1. The number of anilines is 1. The molecule has 1 fully saturated rings. The van der Waals surface area contributed by atoms with Crippen molar-refractivity contribution in [3.05, 3.63) is 21.3 Å².